The molecule has 0 bridgehead atoms. The molecule has 0 fully saturated rings. The predicted octanol–water partition coefficient (Wildman–Crippen LogP) is 0.541. The summed E-state index contributed by atoms with van der Waals surface area (Å²) in [4.78, 5) is 23.0. The van der Waals surface area contributed by atoms with Gasteiger partial charge in [0.25, 0.3) is 0 Å². The predicted molar refractivity (Wildman–Crippen MR) is 62.3 cm³/mol. The Morgan fingerprint density at radius 1 is 1.35 bits per heavy atom. The van der Waals surface area contributed by atoms with Crippen molar-refractivity contribution < 1.29 is 19.8 Å². The van der Waals surface area contributed by atoms with E-state index in [0.717, 1.165) is 0 Å². The minimum absolute atomic E-state index is 0.122. The number of aliphatic hydroxyl groups is 1. The molecule has 1 aliphatic carbocycles. The molecule has 96 valence electrons. The van der Waals surface area contributed by atoms with Crippen molar-refractivity contribution in [2.45, 2.75) is 32.2 Å². The smallest absolute Gasteiger partial charge is 0.307 e. The first-order valence-corrected chi connectivity index (χ1v) is 5.89. The molecule has 0 aromatic rings. The van der Waals surface area contributed by atoms with E-state index in [9.17, 15) is 9.59 Å². The lowest BCUT2D eigenvalue weighted by atomic mass is 9.82. The van der Waals surface area contributed by atoms with Crippen LogP contribution in [0.1, 0.15) is 26.2 Å². The second-order valence-corrected chi connectivity index (χ2v) is 4.29. The first kappa shape index (κ1) is 13.7. The number of carboxylic acid groups (broad SMARTS) is 1. The fourth-order valence-electron chi connectivity index (χ4n) is 1.96. The van der Waals surface area contributed by atoms with Crippen LogP contribution in [0, 0.1) is 11.8 Å². The molecule has 0 aromatic heterocycles. The number of rotatable bonds is 5. The van der Waals surface area contributed by atoms with Crippen molar-refractivity contribution in [1.82, 2.24) is 5.32 Å². The summed E-state index contributed by atoms with van der Waals surface area (Å²) in [5.41, 5.74) is 0. The van der Waals surface area contributed by atoms with E-state index in [0.29, 0.717) is 19.3 Å². The van der Waals surface area contributed by atoms with Gasteiger partial charge in [-0.1, -0.05) is 19.1 Å². The van der Waals surface area contributed by atoms with Crippen LogP contribution in [0.2, 0.25) is 0 Å². The highest BCUT2D eigenvalue weighted by molar-refractivity contribution is 5.85. The maximum Gasteiger partial charge on any atom is 0.307 e. The number of hydrogen-bond donors (Lipinski definition) is 3. The minimum Gasteiger partial charge on any atom is -0.481 e. The molecule has 0 aliphatic heterocycles. The first-order chi connectivity index (χ1) is 8.10. The highest BCUT2D eigenvalue weighted by Crippen LogP contribution is 2.26. The molecule has 0 spiro atoms. The third-order valence-electron chi connectivity index (χ3n) is 3.15. The highest BCUT2D eigenvalue weighted by Gasteiger charge is 2.34. The molecule has 3 unspecified atom stereocenters. The maximum absolute atomic E-state index is 11.9. The lowest BCUT2D eigenvalue weighted by molar-refractivity contribution is -0.147. The van der Waals surface area contributed by atoms with Gasteiger partial charge in [-0.3, -0.25) is 9.59 Å². The average Bonchev–Trinajstić information content (AvgIpc) is 2.35. The summed E-state index contributed by atoms with van der Waals surface area (Å²) in [6, 6.07) is -0.289. The van der Waals surface area contributed by atoms with Crippen molar-refractivity contribution in [1.29, 1.82) is 0 Å². The maximum atomic E-state index is 11.9. The Balaban J connectivity index is 2.66. The van der Waals surface area contributed by atoms with Crippen LogP contribution in [0.15, 0.2) is 12.2 Å². The van der Waals surface area contributed by atoms with Crippen molar-refractivity contribution in [3.8, 4) is 0 Å². The van der Waals surface area contributed by atoms with Gasteiger partial charge in [0.1, 0.15) is 0 Å². The summed E-state index contributed by atoms with van der Waals surface area (Å²) in [6.45, 7) is 1.74. The largest absolute Gasteiger partial charge is 0.481 e. The first-order valence-electron chi connectivity index (χ1n) is 5.89. The number of amides is 1. The molecule has 3 atom stereocenters. The van der Waals surface area contributed by atoms with Gasteiger partial charge in [0.15, 0.2) is 0 Å². The van der Waals surface area contributed by atoms with Crippen LogP contribution >= 0.6 is 0 Å². The van der Waals surface area contributed by atoms with Crippen molar-refractivity contribution in [2.24, 2.45) is 11.8 Å². The summed E-state index contributed by atoms with van der Waals surface area (Å²) in [7, 11) is 0. The number of allylic oxidation sites excluding steroid dienone is 2. The number of carbonyl (C=O) groups is 2. The van der Waals surface area contributed by atoms with Crippen molar-refractivity contribution in [3.63, 3.8) is 0 Å². The van der Waals surface area contributed by atoms with Gasteiger partial charge in [-0.25, -0.2) is 0 Å². The Bertz CT molecular complexity index is 310. The summed E-state index contributed by atoms with van der Waals surface area (Å²) in [6.07, 6.45) is 5.10. The van der Waals surface area contributed by atoms with Crippen LogP contribution in [0.5, 0.6) is 0 Å². The lowest BCUT2D eigenvalue weighted by Crippen LogP contribution is -2.44. The Kier molecular flexibility index (Phi) is 5.15. The van der Waals surface area contributed by atoms with Crippen LogP contribution < -0.4 is 5.32 Å². The van der Waals surface area contributed by atoms with Crippen molar-refractivity contribution in [3.05, 3.63) is 12.2 Å². The number of carboxylic acids is 1. The molecule has 17 heavy (non-hydrogen) atoms. The molecule has 3 N–H and O–H groups in total. The normalized spacial score (nSPS) is 25.3. The standard InChI is InChI=1S/C12H19NO4/c1-2-8(7-14)13-11(15)9-5-3-4-6-10(9)12(16)17/h3-4,8-10,14H,2,5-7H2,1H3,(H,13,15)(H,16,17). The third-order valence-corrected chi connectivity index (χ3v) is 3.15. The van der Waals surface area contributed by atoms with Gasteiger partial charge >= 0.3 is 5.97 Å². The third kappa shape index (κ3) is 3.56. The zero-order chi connectivity index (χ0) is 12.8. The number of hydrogen-bond acceptors (Lipinski definition) is 3. The molecule has 0 heterocycles. The Hall–Kier alpha value is -1.36. The van der Waals surface area contributed by atoms with Crippen LogP contribution in [0.25, 0.3) is 0 Å². The molecule has 1 rings (SSSR count). The van der Waals surface area contributed by atoms with E-state index in [1.165, 1.54) is 0 Å². The molecule has 0 aromatic carbocycles. The van der Waals surface area contributed by atoms with Gasteiger partial charge in [0.2, 0.25) is 5.91 Å². The molecule has 0 radical (unpaired) electrons. The summed E-state index contributed by atoms with van der Waals surface area (Å²) in [5, 5.41) is 20.7. The number of aliphatic carboxylic acids is 1. The Morgan fingerprint density at radius 3 is 2.41 bits per heavy atom. The molecular weight excluding hydrogens is 222 g/mol. The van der Waals surface area contributed by atoms with E-state index < -0.39 is 17.8 Å². The number of carbonyl (C=O) groups excluding carboxylic acids is 1. The molecule has 5 nitrogen and oxygen atoms in total. The average molecular weight is 241 g/mol. The molecule has 1 aliphatic rings. The zero-order valence-corrected chi connectivity index (χ0v) is 9.93. The van der Waals surface area contributed by atoms with Gasteiger partial charge in [-0.2, -0.15) is 0 Å². The van der Waals surface area contributed by atoms with E-state index in [1.807, 2.05) is 13.0 Å². The van der Waals surface area contributed by atoms with Gasteiger partial charge in [0.05, 0.1) is 24.5 Å². The van der Waals surface area contributed by atoms with Crippen LogP contribution in [-0.4, -0.2) is 34.7 Å². The zero-order valence-electron chi connectivity index (χ0n) is 9.93. The van der Waals surface area contributed by atoms with E-state index >= 15 is 0 Å². The molecule has 0 saturated carbocycles. The molecule has 0 saturated heterocycles. The minimum atomic E-state index is -0.938. The van der Waals surface area contributed by atoms with Gasteiger partial charge in [0, 0.05) is 0 Å². The Morgan fingerprint density at radius 2 is 1.94 bits per heavy atom. The van der Waals surface area contributed by atoms with Gasteiger partial charge in [-0.15, -0.1) is 0 Å². The molecular formula is C12H19NO4. The monoisotopic (exact) mass is 241 g/mol. The summed E-state index contributed by atoms with van der Waals surface area (Å²) in [5.74, 6) is -2.40. The fourth-order valence-corrected chi connectivity index (χ4v) is 1.96. The fraction of sp³-hybridized carbons (Fsp3) is 0.667. The van der Waals surface area contributed by atoms with Crippen LogP contribution in [0.3, 0.4) is 0 Å². The molecule has 1 amide bonds. The Labute approximate surface area is 101 Å². The lowest BCUT2D eigenvalue weighted by Gasteiger charge is -2.26. The van der Waals surface area contributed by atoms with Gasteiger partial charge < -0.3 is 15.5 Å². The number of nitrogens with one attached hydrogen (secondary N) is 1. The topological polar surface area (TPSA) is 86.6 Å². The van der Waals surface area contributed by atoms with Crippen LogP contribution in [-0.2, 0) is 9.59 Å². The second-order valence-electron chi connectivity index (χ2n) is 4.29. The van der Waals surface area contributed by atoms with E-state index in [4.69, 9.17) is 10.2 Å². The quantitative estimate of drug-likeness (QED) is 0.613. The van der Waals surface area contributed by atoms with E-state index in [2.05, 4.69) is 5.32 Å². The second kappa shape index (κ2) is 6.39. The SMILES string of the molecule is CCC(CO)NC(=O)C1CC=CCC1C(=O)O. The summed E-state index contributed by atoms with van der Waals surface area (Å²) >= 11 is 0. The van der Waals surface area contributed by atoms with Crippen molar-refractivity contribution in [2.75, 3.05) is 6.61 Å². The molecule has 5 heteroatoms. The van der Waals surface area contributed by atoms with Gasteiger partial charge in [-0.05, 0) is 19.3 Å². The highest BCUT2D eigenvalue weighted by atomic mass is 16.4. The summed E-state index contributed by atoms with van der Waals surface area (Å²) < 4.78 is 0. The van der Waals surface area contributed by atoms with Crippen LogP contribution in [0.4, 0.5) is 0 Å². The van der Waals surface area contributed by atoms with E-state index in [-0.39, 0.29) is 18.6 Å². The van der Waals surface area contributed by atoms with Crippen molar-refractivity contribution >= 4 is 11.9 Å². The van der Waals surface area contributed by atoms with E-state index in [1.54, 1.807) is 6.08 Å². The number of aliphatic hydroxyl groups excluding tert-OH is 1.